The number of aliphatic imine (C=N–C) groups is 1. The van der Waals surface area contributed by atoms with Gasteiger partial charge in [-0.2, -0.15) is 5.26 Å². The summed E-state index contributed by atoms with van der Waals surface area (Å²) in [6.45, 7) is 1.87. The van der Waals surface area contributed by atoms with Crippen LogP contribution in [-0.4, -0.2) is 16.8 Å². The Balaban J connectivity index is 1.54. The van der Waals surface area contributed by atoms with Gasteiger partial charge < -0.3 is 9.84 Å². The summed E-state index contributed by atoms with van der Waals surface area (Å²) in [5, 5.41) is 18.3. The minimum Gasteiger partial charge on any atom is -0.478 e. The maximum absolute atomic E-state index is 11.5. The van der Waals surface area contributed by atoms with Crippen LogP contribution in [0, 0.1) is 18.3 Å². The number of nitrogens with zero attached hydrogens (tertiary/aromatic N) is 2. The molecule has 3 aromatic rings. The van der Waals surface area contributed by atoms with Gasteiger partial charge in [0.25, 0.3) is 0 Å². The Bertz CT molecular complexity index is 1140. The first-order chi connectivity index (χ1) is 13.5. The zero-order chi connectivity index (χ0) is 19.7. The van der Waals surface area contributed by atoms with E-state index in [-0.39, 0.29) is 0 Å². The average molecular weight is 368 g/mol. The van der Waals surface area contributed by atoms with Crippen LogP contribution >= 0.6 is 0 Å². The standard InChI is InChI=1S/C23H16N2O3/c1-14-10-20(23(26)27)19-12-21(25-22(19)11-14)16-4-8-18(9-5-16)28-17-6-2-15(13-24)3-7-17/h2-11H,12H2,1H3,(H,26,27). The Morgan fingerprint density at radius 1 is 1.07 bits per heavy atom. The normalized spacial score (nSPS) is 12.1. The molecule has 1 aliphatic rings. The molecule has 0 bridgehead atoms. The Kier molecular flexibility index (Phi) is 4.38. The van der Waals surface area contributed by atoms with Crippen LogP contribution in [0.4, 0.5) is 5.69 Å². The number of carboxylic acids is 1. The van der Waals surface area contributed by atoms with E-state index in [0.29, 0.717) is 29.0 Å². The van der Waals surface area contributed by atoms with Crippen molar-refractivity contribution in [3.63, 3.8) is 0 Å². The summed E-state index contributed by atoms with van der Waals surface area (Å²) in [7, 11) is 0. The maximum atomic E-state index is 11.5. The lowest BCUT2D eigenvalue weighted by Gasteiger charge is -2.07. The molecule has 5 nitrogen and oxygen atoms in total. The van der Waals surface area contributed by atoms with E-state index in [1.165, 1.54) is 0 Å². The van der Waals surface area contributed by atoms with Crippen LogP contribution in [0.3, 0.4) is 0 Å². The second kappa shape index (κ2) is 7.01. The summed E-state index contributed by atoms with van der Waals surface area (Å²) in [5.74, 6) is 0.396. The molecule has 0 fully saturated rings. The summed E-state index contributed by atoms with van der Waals surface area (Å²) in [6, 6.07) is 20.1. The smallest absolute Gasteiger partial charge is 0.336 e. The molecule has 3 aromatic carbocycles. The van der Waals surface area contributed by atoms with Crippen molar-refractivity contribution in [3.8, 4) is 17.6 Å². The number of hydrogen-bond acceptors (Lipinski definition) is 4. The van der Waals surface area contributed by atoms with Crippen molar-refractivity contribution in [3.05, 3.63) is 88.5 Å². The van der Waals surface area contributed by atoms with Gasteiger partial charge >= 0.3 is 5.97 Å². The zero-order valence-electron chi connectivity index (χ0n) is 15.1. The lowest BCUT2D eigenvalue weighted by Crippen LogP contribution is -2.05. The number of ether oxygens (including phenoxy) is 1. The number of hydrogen-bond donors (Lipinski definition) is 1. The Morgan fingerprint density at radius 2 is 1.71 bits per heavy atom. The highest BCUT2D eigenvalue weighted by molar-refractivity contribution is 6.08. The van der Waals surface area contributed by atoms with Crippen molar-refractivity contribution >= 4 is 17.4 Å². The fourth-order valence-electron chi connectivity index (χ4n) is 3.24. The number of rotatable bonds is 4. The molecule has 0 radical (unpaired) electrons. The van der Waals surface area contributed by atoms with Crippen LogP contribution in [0.5, 0.6) is 11.5 Å². The molecular weight excluding hydrogens is 352 g/mol. The number of carbonyl (C=O) groups is 1. The fraction of sp³-hybridized carbons (Fsp3) is 0.0870. The minimum atomic E-state index is -0.928. The van der Waals surface area contributed by atoms with Gasteiger partial charge in [0, 0.05) is 6.42 Å². The predicted molar refractivity (Wildman–Crippen MR) is 106 cm³/mol. The van der Waals surface area contributed by atoms with E-state index in [0.717, 1.165) is 28.1 Å². The Labute approximate surface area is 162 Å². The molecule has 0 amide bonds. The number of nitriles is 1. The summed E-state index contributed by atoms with van der Waals surface area (Å²) < 4.78 is 5.80. The van der Waals surface area contributed by atoms with Gasteiger partial charge in [-0.1, -0.05) is 0 Å². The topological polar surface area (TPSA) is 82.7 Å². The number of fused-ring (bicyclic) bond motifs is 1. The Hall–Kier alpha value is -3.91. The first-order valence-corrected chi connectivity index (χ1v) is 8.76. The molecule has 4 rings (SSSR count). The maximum Gasteiger partial charge on any atom is 0.336 e. The molecule has 0 spiro atoms. The largest absolute Gasteiger partial charge is 0.478 e. The van der Waals surface area contributed by atoms with Crippen molar-refractivity contribution < 1.29 is 14.6 Å². The first-order valence-electron chi connectivity index (χ1n) is 8.76. The van der Waals surface area contributed by atoms with Gasteiger partial charge in [-0.05, 0) is 84.3 Å². The number of benzene rings is 3. The molecule has 0 aromatic heterocycles. The van der Waals surface area contributed by atoms with Crippen molar-refractivity contribution in [2.75, 3.05) is 0 Å². The van der Waals surface area contributed by atoms with E-state index in [9.17, 15) is 9.90 Å². The summed E-state index contributed by atoms with van der Waals surface area (Å²) in [5.41, 5.74) is 5.03. The van der Waals surface area contributed by atoms with Crippen LogP contribution in [-0.2, 0) is 6.42 Å². The van der Waals surface area contributed by atoms with E-state index in [1.807, 2.05) is 37.3 Å². The zero-order valence-corrected chi connectivity index (χ0v) is 15.1. The predicted octanol–water partition coefficient (Wildman–Crippen LogP) is 5.03. The van der Waals surface area contributed by atoms with Crippen molar-refractivity contribution in [1.29, 1.82) is 5.26 Å². The number of aromatic carboxylic acids is 1. The lowest BCUT2D eigenvalue weighted by atomic mass is 9.98. The third kappa shape index (κ3) is 3.36. The summed E-state index contributed by atoms with van der Waals surface area (Å²) in [4.78, 5) is 16.2. The quantitative estimate of drug-likeness (QED) is 0.700. The molecule has 1 heterocycles. The highest BCUT2D eigenvalue weighted by Crippen LogP contribution is 2.33. The van der Waals surface area contributed by atoms with Crippen LogP contribution in [0.25, 0.3) is 0 Å². The molecule has 1 N–H and O–H groups in total. The molecule has 0 atom stereocenters. The van der Waals surface area contributed by atoms with Gasteiger partial charge in [0.1, 0.15) is 11.5 Å². The molecule has 0 unspecified atom stereocenters. The SMILES string of the molecule is Cc1cc2c(c(C(=O)O)c1)CC(c1ccc(Oc3ccc(C#N)cc3)cc1)=N2. The molecule has 5 heteroatoms. The van der Waals surface area contributed by atoms with E-state index in [1.54, 1.807) is 30.3 Å². The third-order valence-electron chi connectivity index (χ3n) is 4.61. The monoisotopic (exact) mass is 368 g/mol. The third-order valence-corrected chi connectivity index (χ3v) is 4.61. The molecular formula is C23H16N2O3. The van der Waals surface area contributed by atoms with E-state index >= 15 is 0 Å². The van der Waals surface area contributed by atoms with E-state index in [2.05, 4.69) is 11.1 Å². The Morgan fingerprint density at radius 3 is 2.32 bits per heavy atom. The molecule has 1 aliphatic heterocycles. The minimum absolute atomic E-state index is 0.314. The number of carboxylic acid groups (broad SMARTS) is 1. The van der Waals surface area contributed by atoms with Gasteiger partial charge in [0.2, 0.25) is 0 Å². The lowest BCUT2D eigenvalue weighted by molar-refractivity contribution is 0.0696. The molecule has 0 saturated carbocycles. The van der Waals surface area contributed by atoms with Crippen molar-refractivity contribution in [1.82, 2.24) is 0 Å². The van der Waals surface area contributed by atoms with Gasteiger partial charge in [-0.15, -0.1) is 0 Å². The number of aryl methyl sites for hydroxylation is 1. The van der Waals surface area contributed by atoms with E-state index < -0.39 is 5.97 Å². The van der Waals surface area contributed by atoms with Gasteiger partial charge in [0.15, 0.2) is 0 Å². The van der Waals surface area contributed by atoms with Gasteiger partial charge in [-0.3, -0.25) is 4.99 Å². The summed E-state index contributed by atoms with van der Waals surface area (Å²) >= 11 is 0. The molecule has 0 saturated heterocycles. The fourth-order valence-corrected chi connectivity index (χ4v) is 3.24. The second-order valence-electron chi connectivity index (χ2n) is 6.61. The van der Waals surface area contributed by atoms with Gasteiger partial charge in [-0.25, -0.2) is 4.79 Å². The molecule has 28 heavy (non-hydrogen) atoms. The van der Waals surface area contributed by atoms with Gasteiger partial charge in [0.05, 0.1) is 28.6 Å². The first kappa shape index (κ1) is 17.5. The average Bonchev–Trinajstić information content (AvgIpc) is 3.12. The highest BCUT2D eigenvalue weighted by Gasteiger charge is 2.22. The summed E-state index contributed by atoms with van der Waals surface area (Å²) in [6.07, 6.45) is 0.493. The van der Waals surface area contributed by atoms with Crippen LogP contribution in [0.2, 0.25) is 0 Å². The van der Waals surface area contributed by atoms with Crippen molar-refractivity contribution in [2.45, 2.75) is 13.3 Å². The van der Waals surface area contributed by atoms with Crippen molar-refractivity contribution in [2.24, 2.45) is 4.99 Å². The molecule has 136 valence electrons. The molecule has 0 aliphatic carbocycles. The second-order valence-corrected chi connectivity index (χ2v) is 6.61. The van der Waals surface area contributed by atoms with Crippen LogP contribution in [0.15, 0.2) is 65.7 Å². The van der Waals surface area contributed by atoms with Crippen LogP contribution in [0.1, 0.15) is 32.6 Å². The highest BCUT2D eigenvalue weighted by atomic mass is 16.5. The van der Waals surface area contributed by atoms with Crippen LogP contribution < -0.4 is 4.74 Å². The van der Waals surface area contributed by atoms with E-state index in [4.69, 9.17) is 10.00 Å².